The number of benzene rings is 1. The zero-order valence-corrected chi connectivity index (χ0v) is 10.2. The topological polar surface area (TPSA) is 92.9 Å². The predicted octanol–water partition coefficient (Wildman–Crippen LogP) is 0.560. The fraction of sp³-hybridized carbons (Fsp3) is 0.417. The number of nitro groups is 1. The number of hydrogen-bond donors (Lipinski definition) is 1. The van der Waals surface area contributed by atoms with Crippen LogP contribution in [0.1, 0.15) is 15.9 Å². The maximum Gasteiger partial charge on any atom is 0.270 e. The van der Waals surface area contributed by atoms with Gasteiger partial charge in [0.25, 0.3) is 11.6 Å². The molecule has 0 unspecified atom stereocenters. The van der Waals surface area contributed by atoms with Crippen LogP contribution in [0.15, 0.2) is 18.2 Å². The van der Waals surface area contributed by atoms with E-state index in [0.29, 0.717) is 31.9 Å². The molecule has 1 heterocycles. The summed E-state index contributed by atoms with van der Waals surface area (Å²) in [5.41, 5.74) is 0.412. The third kappa shape index (κ3) is 2.88. The zero-order valence-electron chi connectivity index (χ0n) is 10.2. The average molecular weight is 266 g/mol. The molecule has 19 heavy (non-hydrogen) atoms. The second-order valence-corrected chi connectivity index (χ2v) is 4.16. The van der Waals surface area contributed by atoms with E-state index in [1.165, 1.54) is 18.2 Å². The minimum Gasteiger partial charge on any atom is -0.392 e. The Morgan fingerprint density at radius 2 is 2.11 bits per heavy atom. The predicted molar refractivity (Wildman–Crippen MR) is 65.7 cm³/mol. The molecule has 0 bridgehead atoms. The number of nitrogens with zero attached hydrogens (tertiary/aromatic N) is 2. The van der Waals surface area contributed by atoms with Crippen LogP contribution in [0.2, 0.25) is 0 Å². The average Bonchev–Trinajstić information content (AvgIpc) is 2.46. The molecule has 0 aliphatic carbocycles. The third-order valence-corrected chi connectivity index (χ3v) is 3.00. The van der Waals surface area contributed by atoms with Gasteiger partial charge in [0.1, 0.15) is 0 Å². The van der Waals surface area contributed by atoms with E-state index in [4.69, 9.17) is 4.74 Å². The molecule has 1 N–H and O–H groups in total. The van der Waals surface area contributed by atoms with Gasteiger partial charge >= 0.3 is 0 Å². The molecular weight excluding hydrogens is 252 g/mol. The van der Waals surface area contributed by atoms with Gasteiger partial charge in [0.05, 0.1) is 30.3 Å². The lowest BCUT2D eigenvalue weighted by molar-refractivity contribution is -0.384. The SMILES string of the molecule is O=C(c1cc([N+](=O)[O-])ccc1CO)N1CCOCC1. The maximum absolute atomic E-state index is 12.3. The first-order chi connectivity index (χ1) is 9.13. The largest absolute Gasteiger partial charge is 0.392 e. The van der Waals surface area contributed by atoms with Crippen molar-refractivity contribution in [1.82, 2.24) is 4.90 Å². The van der Waals surface area contributed by atoms with Crippen LogP contribution in [0.25, 0.3) is 0 Å². The van der Waals surface area contributed by atoms with Gasteiger partial charge in [0, 0.05) is 25.2 Å². The van der Waals surface area contributed by atoms with Crippen LogP contribution in [0, 0.1) is 10.1 Å². The standard InChI is InChI=1S/C12H14N2O5/c15-8-9-1-2-10(14(17)18)7-11(9)12(16)13-3-5-19-6-4-13/h1-2,7,15H,3-6,8H2. The van der Waals surface area contributed by atoms with Crippen molar-refractivity contribution >= 4 is 11.6 Å². The van der Waals surface area contributed by atoms with Gasteiger partial charge in [-0.1, -0.05) is 0 Å². The zero-order chi connectivity index (χ0) is 13.8. The highest BCUT2D eigenvalue weighted by molar-refractivity contribution is 5.96. The summed E-state index contributed by atoms with van der Waals surface area (Å²) in [5.74, 6) is -0.309. The van der Waals surface area contributed by atoms with E-state index in [0.717, 1.165) is 0 Å². The van der Waals surface area contributed by atoms with Gasteiger partial charge in [0.15, 0.2) is 0 Å². The maximum atomic E-state index is 12.3. The Labute approximate surface area is 109 Å². The number of morpholine rings is 1. The molecule has 0 radical (unpaired) electrons. The summed E-state index contributed by atoms with van der Waals surface area (Å²) in [4.78, 5) is 24.1. The van der Waals surface area contributed by atoms with Gasteiger partial charge < -0.3 is 14.7 Å². The molecule has 1 aliphatic heterocycles. The van der Waals surface area contributed by atoms with E-state index in [1.54, 1.807) is 4.90 Å². The molecule has 1 fully saturated rings. The molecule has 7 heteroatoms. The number of carbonyl (C=O) groups is 1. The first-order valence-electron chi connectivity index (χ1n) is 5.88. The van der Waals surface area contributed by atoms with Crippen LogP contribution in [0.4, 0.5) is 5.69 Å². The number of amides is 1. The van der Waals surface area contributed by atoms with Crippen molar-refractivity contribution in [2.24, 2.45) is 0 Å². The number of ether oxygens (including phenoxy) is 1. The van der Waals surface area contributed by atoms with Gasteiger partial charge in [-0.3, -0.25) is 14.9 Å². The normalized spacial score (nSPS) is 15.3. The van der Waals surface area contributed by atoms with Crippen molar-refractivity contribution < 1.29 is 19.6 Å². The van der Waals surface area contributed by atoms with E-state index in [-0.39, 0.29) is 23.8 Å². The highest BCUT2D eigenvalue weighted by Crippen LogP contribution is 2.20. The highest BCUT2D eigenvalue weighted by Gasteiger charge is 2.23. The first kappa shape index (κ1) is 13.4. The minimum atomic E-state index is -0.558. The number of rotatable bonds is 3. The molecular formula is C12H14N2O5. The van der Waals surface area contributed by atoms with Crippen molar-refractivity contribution in [3.8, 4) is 0 Å². The monoisotopic (exact) mass is 266 g/mol. The lowest BCUT2D eigenvalue weighted by Crippen LogP contribution is -2.41. The quantitative estimate of drug-likeness (QED) is 0.637. The fourth-order valence-electron chi connectivity index (χ4n) is 1.95. The van der Waals surface area contributed by atoms with Gasteiger partial charge in [-0.05, 0) is 11.6 Å². The second-order valence-electron chi connectivity index (χ2n) is 4.16. The Morgan fingerprint density at radius 1 is 1.42 bits per heavy atom. The van der Waals surface area contributed by atoms with E-state index in [1.807, 2.05) is 0 Å². The van der Waals surface area contributed by atoms with Gasteiger partial charge in [-0.15, -0.1) is 0 Å². The van der Waals surface area contributed by atoms with Crippen molar-refractivity contribution in [2.45, 2.75) is 6.61 Å². The number of aliphatic hydroxyl groups excluding tert-OH is 1. The summed E-state index contributed by atoms with van der Waals surface area (Å²) in [5, 5.41) is 20.0. The molecule has 1 aliphatic rings. The van der Waals surface area contributed by atoms with Crippen molar-refractivity contribution in [1.29, 1.82) is 0 Å². The number of aliphatic hydroxyl groups is 1. The van der Waals surface area contributed by atoms with Crippen molar-refractivity contribution in [3.05, 3.63) is 39.4 Å². The van der Waals surface area contributed by atoms with E-state index >= 15 is 0 Å². The second kappa shape index (κ2) is 5.77. The van der Waals surface area contributed by atoms with Gasteiger partial charge in [0.2, 0.25) is 0 Å². The molecule has 102 valence electrons. The first-order valence-corrected chi connectivity index (χ1v) is 5.88. The fourth-order valence-corrected chi connectivity index (χ4v) is 1.95. The van der Waals surface area contributed by atoms with E-state index in [2.05, 4.69) is 0 Å². The Hall–Kier alpha value is -1.99. The third-order valence-electron chi connectivity index (χ3n) is 3.00. The van der Waals surface area contributed by atoms with Crippen LogP contribution in [-0.4, -0.2) is 47.1 Å². The summed E-state index contributed by atoms with van der Waals surface area (Å²) in [7, 11) is 0. The minimum absolute atomic E-state index is 0.159. The van der Waals surface area contributed by atoms with Crippen LogP contribution in [0.3, 0.4) is 0 Å². The van der Waals surface area contributed by atoms with Gasteiger partial charge in [-0.2, -0.15) is 0 Å². The highest BCUT2D eigenvalue weighted by atomic mass is 16.6. The Morgan fingerprint density at radius 3 is 2.68 bits per heavy atom. The van der Waals surface area contributed by atoms with E-state index in [9.17, 15) is 20.0 Å². The molecule has 1 amide bonds. The lowest BCUT2D eigenvalue weighted by Gasteiger charge is -2.27. The van der Waals surface area contributed by atoms with Crippen LogP contribution >= 0.6 is 0 Å². The summed E-state index contributed by atoms with van der Waals surface area (Å²) in [6.07, 6.45) is 0. The van der Waals surface area contributed by atoms with E-state index < -0.39 is 4.92 Å². The Balaban J connectivity index is 2.32. The lowest BCUT2D eigenvalue weighted by atomic mass is 10.1. The summed E-state index contributed by atoms with van der Waals surface area (Å²) in [6.45, 7) is 1.48. The molecule has 1 aromatic carbocycles. The Kier molecular flexibility index (Phi) is 4.08. The number of hydrogen-bond acceptors (Lipinski definition) is 5. The van der Waals surface area contributed by atoms with Crippen LogP contribution < -0.4 is 0 Å². The molecule has 0 atom stereocenters. The van der Waals surface area contributed by atoms with Crippen molar-refractivity contribution in [3.63, 3.8) is 0 Å². The Bertz CT molecular complexity index is 497. The molecule has 7 nitrogen and oxygen atoms in total. The molecule has 2 rings (SSSR count). The summed E-state index contributed by atoms with van der Waals surface area (Å²) in [6, 6.07) is 3.90. The molecule has 0 spiro atoms. The number of nitro benzene ring substituents is 1. The number of carbonyl (C=O) groups excluding carboxylic acids is 1. The molecule has 0 saturated carbocycles. The summed E-state index contributed by atoms with van der Waals surface area (Å²) >= 11 is 0. The molecule has 0 aromatic heterocycles. The number of non-ortho nitro benzene ring substituents is 1. The molecule has 1 aromatic rings. The van der Waals surface area contributed by atoms with Crippen LogP contribution in [-0.2, 0) is 11.3 Å². The van der Waals surface area contributed by atoms with Crippen LogP contribution in [0.5, 0.6) is 0 Å². The van der Waals surface area contributed by atoms with Crippen molar-refractivity contribution in [2.75, 3.05) is 26.3 Å². The smallest absolute Gasteiger partial charge is 0.270 e. The summed E-state index contributed by atoms with van der Waals surface area (Å²) < 4.78 is 5.15. The molecule has 1 saturated heterocycles. The van der Waals surface area contributed by atoms with Gasteiger partial charge in [-0.25, -0.2) is 0 Å².